The summed E-state index contributed by atoms with van der Waals surface area (Å²) < 4.78 is 1.23. The van der Waals surface area contributed by atoms with Crippen LogP contribution in [0, 0.1) is 11.8 Å². The largest absolute Gasteiger partial charge is 0.370 e. The van der Waals surface area contributed by atoms with Gasteiger partial charge in [-0.1, -0.05) is 26.8 Å². The molecular formula is C17H27BrN2. The van der Waals surface area contributed by atoms with Gasteiger partial charge in [-0.25, -0.2) is 0 Å². The summed E-state index contributed by atoms with van der Waals surface area (Å²) in [5.74, 6) is 1.51. The number of anilines is 1. The van der Waals surface area contributed by atoms with Crippen molar-refractivity contribution in [3.63, 3.8) is 0 Å². The summed E-state index contributed by atoms with van der Waals surface area (Å²) in [6.45, 7) is 11.2. The van der Waals surface area contributed by atoms with Gasteiger partial charge < -0.3 is 10.2 Å². The van der Waals surface area contributed by atoms with Crippen molar-refractivity contribution in [2.24, 2.45) is 11.8 Å². The summed E-state index contributed by atoms with van der Waals surface area (Å²) in [4.78, 5) is 2.52. The number of piperidine rings is 1. The molecule has 0 saturated carbocycles. The van der Waals surface area contributed by atoms with Gasteiger partial charge in [0.2, 0.25) is 0 Å². The molecule has 2 rings (SSSR count). The Morgan fingerprint density at radius 3 is 2.85 bits per heavy atom. The monoisotopic (exact) mass is 338 g/mol. The van der Waals surface area contributed by atoms with Gasteiger partial charge in [0.15, 0.2) is 0 Å². The highest BCUT2D eigenvalue weighted by molar-refractivity contribution is 9.10. The quantitative estimate of drug-likeness (QED) is 0.854. The predicted octanol–water partition coefficient (Wildman–Crippen LogP) is 4.43. The lowest BCUT2D eigenvalue weighted by atomic mass is 9.99. The number of nitrogens with one attached hydrogen (secondary N) is 1. The fraction of sp³-hybridized carbons (Fsp3) is 0.647. The average molecular weight is 339 g/mol. The Morgan fingerprint density at radius 1 is 1.40 bits per heavy atom. The highest BCUT2D eigenvalue weighted by Crippen LogP contribution is 2.30. The van der Waals surface area contributed by atoms with Crippen LogP contribution in [-0.2, 0) is 6.54 Å². The van der Waals surface area contributed by atoms with Crippen molar-refractivity contribution in [1.29, 1.82) is 0 Å². The molecule has 0 spiro atoms. The van der Waals surface area contributed by atoms with Crippen LogP contribution in [0.2, 0.25) is 0 Å². The van der Waals surface area contributed by atoms with Gasteiger partial charge in [0.1, 0.15) is 0 Å². The van der Waals surface area contributed by atoms with Gasteiger partial charge in [0.05, 0.1) is 5.69 Å². The third-order valence-electron chi connectivity index (χ3n) is 3.89. The Kier molecular flexibility index (Phi) is 5.91. The van der Waals surface area contributed by atoms with Crippen LogP contribution in [0.3, 0.4) is 0 Å². The first-order valence-corrected chi connectivity index (χ1v) is 8.59. The summed E-state index contributed by atoms with van der Waals surface area (Å²) in [6, 6.07) is 6.79. The first kappa shape index (κ1) is 15.8. The highest BCUT2D eigenvalue weighted by Gasteiger charge is 2.18. The van der Waals surface area contributed by atoms with E-state index in [4.69, 9.17) is 0 Å². The molecular weight excluding hydrogens is 312 g/mol. The van der Waals surface area contributed by atoms with E-state index in [1.165, 1.54) is 41.7 Å². The van der Waals surface area contributed by atoms with E-state index in [1.54, 1.807) is 0 Å². The SMILES string of the molecule is CC(C)CNCc1ccc(N2CCCC(C)C2)c(Br)c1. The molecule has 1 saturated heterocycles. The van der Waals surface area contributed by atoms with E-state index < -0.39 is 0 Å². The van der Waals surface area contributed by atoms with E-state index in [0.29, 0.717) is 5.92 Å². The van der Waals surface area contributed by atoms with Crippen LogP contribution in [0.5, 0.6) is 0 Å². The molecule has 3 heteroatoms. The molecule has 112 valence electrons. The molecule has 0 bridgehead atoms. The second-order valence-corrected chi connectivity index (χ2v) is 7.36. The van der Waals surface area contributed by atoms with E-state index in [1.807, 2.05) is 0 Å². The van der Waals surface area contributed by atoms with Crippen molar-refractivity contribution in [3.05, 3.63) is 28.2 Å². The van der Waals surface area contributed by atoms with Crippen LogP contribution >= 0.6 is 15.9 Å². The smallest absolute Gasteiger partial charge is 0.0510 e. The lowest BCUT2D eigenvalue weighted by Crippen LogP contribution is -2.34. The molecule has 1 aromatic carbocycles. The number of rotatable bonds is 5. The third kappa shape index (κ3) is 4.49. The Bertz CT molecular complexity index is 431. The number of hydrogen-bond acceptors (Lipinski definition) is 2. The predicted molar refractivity (Wildman–Crippen MR) is 91.3 cm³/mol. The Morgan fingerprint density at radius 2 is 2.20 bits per heavy atom. The maximum Gasteiger partial charge on any atom is 0.0510 e. The molecule has 1 aliphatic heterocycles. The number of hydrogen-bond donors (Lipinski definition) is 1. The van der Waals surface area contributed by atoms with Gasteiger partial charge in [-0.15, -0.1) is 0 Å². The first-order chi connectivity index (χ1) is 9.56. The third-order valence-corrected chi connectivity index (χ3v) is 4.53. The Hall–Kier alpha value is -0.540. The van der Waals surface area contributed by atoms with Gasteiger partial charge in [0.25, 0.3) is 0 Å². The molecule has 2 nitrogen and oxygen atoms in total. The zero-order valence-electron chi connectivity index (χ0n) is 13.0. The number of benzene rings is 1. The fourth-order valence-electron chi connectivity index (χ4n) is 2.83. The maximum absolute atomic E-state index is 3.75. The zero-order chi connectivity index (χ0) is 14.5. The van der Waals surface area contributed by atoms with Gasteiger partial charge in [-0.2, -0.15) is 0 Å². The number of halogens is 1. The topological polar surface area (TPSA) is 15.3 Å². The maximum atomic E-state index is 3.75. The van der Waals surface area contributed by atoms with E-state index in [-0.39, 0.29) is 0 Å². The standard InChI is InChI=1S/C17H27BrN2/c1-13(2)10-19-11-15-6-7-17(16(18)9-15)20-8-4-5-14(3)12-20/h6-7,9,13-14,19H,4-5,8,10-12H2,1-3H3. The van der Waals surface area contributed by atoms with Crippen LogP contribution < -0.4 is 10.2 Å². The van der Waals surface area contributed by atoms with Crippen molar-refractivity contribution in [2.75, 3.05) is 24.5 Å². The van der Waals surface area contributed by atoms with Gasteiger partial charge in [0, 0.05) is 24.1 Å². The van der Waals surface area contributed by atoms with Crippen LogP contribution in [0.25, 0.3) is 0 Å². The van der Waals surface area contributed by atoms with E-state index in [2.05, 4.69) is 65.1 Å². The van der Waals surface area contributed by atoms with Crippen LogP contribution in [0.1, 0.15) is 39.2 Å². The second kappa shape index (κ2) is 7.46. The summed E-state index contributed by atoms with van der Waals surface area (Å²) in [6.07, 6.45) is 2.68. The minimum Gasteiger partial charge on any atom is -0.370 e. The van der Waals surface area contributed by atoms with E-state index in [0.717, 1.165) is 19.0 Å². The molecule has 1 fully saturated rings. The molecule has 0 aromatic heterocycles. The summed E-state index contributed by atoms with van der Waals surface area (Å²) in [7, 11) is 0. The molecule has 1 unspecified atom stereocenters. The van der Waals surface area contributed by atoms with Crippen LogP contribution in [0.15, 0.2) is 22.7 Å². The van der Waals surface area contributed by atoms with E-state index >= 15 is 0 Å². The molecule has 1 aromatic rings. The Labute approximate surface area is 132 Å². The van der Waals surface area contributed by atoms with Crippen molar-refractivity contribution in [2.45, 2.75) is 40.2 Å². The molecule has 0 aliphatic carbocycles. The second-order valence-electron chi connectivity index (χ2n) is 6.50. The molecule has 0 radical (unpaired) electrons. The van der Waals surface area contributed by atoms with Crippen molar-refractivity contribution < 1.29 is 0 Å². The van der Waals surface area contributed by atoms with Crippen LogP contribution in [0.4, 0.5) is 5.69 Å². The van der Waals surface area contributed by atoms with Crippen molar-refractivity contribution in [3.8, 4) is 0 Å². The van der Waals surface area contributed by atoms with E-state index in [9.17, 15) is 0 Å². The highest BCUT2D eigenvalue weighted by atomic mass is 79.9. The normalized spacial score (nSPS) is 19.6. The van der Waals surface area contributed by atoms with Crippen LogP contribution in [-0.4, -0.2) is 19.6 Å². The van der Waals surface area contributed by atoms with Crippen molar-refractivity contribution in [1.82, 2.24) is 5.32 Å². The van der Waals surface area contributed by atoms with Gasteiger partial charge >= 0.3 is 0 Å². The lowest BCUT2D eigenvalue weighted by molar-refractivity contribution is 0.446. The lowest BCUT2D eigenvalue weighted by Gasteiger charge is -2.33. The molecule has 1 atom stereocenters. The molecule has 1 N–H and O–H groups in total. The average Bonchev–Trinajstić information content (AvgIpc) is 2.38. The Balaban J connectivity index is 1.98. The minimum atomic E-state index is 0.701. The molecule has 20 heavy (non-hydrogen) atoms. The molecule has 1 heterocycles. The molecule has 0 amide bonds. The molecule has 1 aliphatic rings. The van der Waals surface area contributed by atoms with Crippen molar-refractivity contribution >= 4 is 21.6 Å². The number of nitrogens with zero attached hydrogens (tertiary/aromatic N) is 1. The first-order valence-electron chi connectivity index (χ1n) is 7.80. The fourth-order valence-corrected chi connectivity index (χ4v) is 3.51. The minimum absolute atomic E-state index is 0.701. The summed E-state index contributed by atoms with van der Waals surface area (Å²) in [5.41, 5.74) is 2.70. The zero-order valence-corrected chi connectivity index (χ0v) is 14.5. The van der Waals surface area contributed by atoms with Gasteiger partial charge in [-0.3, -0.25) is 0 Å². The summed E-state index contributed by atoms with van der Waals surface area (Å²) in [5, 5.41) is 3.50. The summed E-state index contributed by atoms with van der Waals surface area (Å²) >= 11 is 3.75. The van der Waals surface area contributed by atoms with Gasteiger partial charge in [-0.05, 0) is 64.8 Å².